The van der Waals surface area contributed by atoms with Crippen molar-refractivity contribution in [3.05, 3.63) is 62.4 Å². The normalized spacial score (nSPS) is 11.7. The van der Waals surface area contributed by atoms with Gasteiger partial charge in [0, 0.05) is 24.8 Å². The maximum Gasteiger partial charge on any atom is 0.347 e. The molecule has 1 aromatic heterocycles. The molecule has 168 valence electrons. The molecule has 0 fully saturated rings. The van der Waals surface area contributed by atoms with Gasteiger partial charge in [-0.15, -0.1) is 0 Å². The first-order valence-electron chi connectivity index (χ1n) is 10.6. The van der Waals surface area contributed by atoms with Gasteiger partial charge in [-0.1, -0.05) is 26.7 Å². The van der Waals surface area contributed by atoms with Crippen molar-refractivity contribution in [1.82, 2.24) is 0 Å². The zero-order valence-electron chi connectivity index (χ0n) is 17.8. The van der Waals surface area contributed by atoms with Gasteiger partial charge < -0.3 is 13.7 Å². The summed E-state index contributed by atoms with van der Waals surface area (Å²) >= 11 is 0. The number of fused-ring (bicyclic) bond motifs is 4. The fraction of sp³-hybridized carbons (Fsp3) is 0.333. The van der Waals surface area contributed by atoms with Crippen molar-refractivity contribution in [3.8, 4) is 11.3 Å². The Morgan fingerprint density at radius 2 is 1.53 bits per heavy atom. The molecule has 0 saturated heterocycles. The molecule has 4 rings (SSSR count). The van der Waals surface area contributed by atoms with Crippen molar-refractivity contribution >= 4 is 27.6 Å². The first-order valence-corrected chi connectivity index (χ1v) is 10.6. The average molecular weight is 445 g/mol. The zero-order chi connectivity index (χ0) is 23.0. The molecule has 0 saturated carbocycles. The molecule has 0 N–H and O–H groups in total. The lowest BCUT2D eigenvalue weighted by Crippen LogP contribution is -2.25. The van der Waals surface area contributed by atoms with Crippen LogP contribution < -0.4 is 16.0 Å². The van der Waals surface area contributed by atoms with Crippen LogP contribution in [0.1, 0.15) is 39.5 Å². The van der Waals surface area contributed by atoms with Gasteiger partial charge in [0.15, 0.2) is 17.2 Å². The second-order valence-corrected chi connectivity index (χ2v) is 7.77. The monoisotopic (exact) mass is 445 g/mol. The zero-order valence-corrected chi connectivity index (χ0v) is 17.8. The van der Waals surface area contributed by atoms with Gasteiger partial charge in [0.25, 0.3) is 5.43 Å². The van der Waals surface area contributed by atoms with Crippen LogP contribution in [0.4, 0.5) is 18.9 Å². The minimum Gasteiger partial charge on any atom is -0.452 e. The number of anilines is 1. The van der Waals surface area contributed by atoms with Crippen LogP contribution in [0.2, 0.25) is 0 Å². The molecule has 0 spiro atoms. The molecule has 2 aromatic rings. The van der Waals surface area contributed by atoms with Crippen molar-refractivity contribution in [2.24, 2.45) is 0 Å². The molecule has 8 heteroatoms. The summed E-state index contributed by atoms with van der Waals surface area (Å²) < 4.78 is 53.2. The molecule has 0 radical (unpaired) electrons. The minimum atomic E-state index is -1.86. The molecule has 0 unspecified atom stereocenters. The van der Waals surface area contributed by atoms with Crippen molar-refractivity contribution in [2.45, 2.75) is 39.5 Å². The van der Waals surface area contributed by atoms with Crippen molar-refractivity contribution < 1.29 is 22.0 Å². The number of nitrogens with zero attached hydrogens (tertiary/aromatic N) is 1. The SMILES string of the molecule is CCCCN(CCCC)c1ccc2c(c1)oc(=O)c1cc3c(F)c(F)c(=O)c(F)c-3oc12. The Bertz CT molecular complexity index is 1380. The Hall–Kier alpha value is -3.29. The molecule has 0 bridgehead atoms. The van der Waals surface area contributed by atoms with Crippen LogP contribution in [0.25, 0.3) is 33.3 Å². The molecule has 5 nitrogen and oxygen atoms in total. The first kappa shape index (κ1) is 21.9. The molecule has 2 aliphatic rings. The third-order valence-electron chi connectivity index (χ3n) is 5.57. The highest BCUT2D eigenvalue weighted by Gasteiger charge is 2.27. The Morgan fingerprint density at radius 1 is 0.844 bits per heavy atom. The molecule has 2 heterocycles. The topological polar surface area (TPSA) is 63.7 Å². The van der Waals surface area contributed by atoms with E-state index in [2.05, 4.69) is 18.7 Å². The van der Waals surface area contributed by atoms with E-state index in [0.717, 1.165) is 50.5 Å². The third-order valence-corrected chi connectivity index (χ3v) is 5.57. The quantitative estimate of drug-likeness (QED) is 0.155. The second kappa shape index (κ2) is 8.68. The van der Waals surface area contributed by atoms with E-state index < -0.39 is 39.8 Å². The standard InChI is InChI=1S/C24H22F3NO4/c1-3-5-9-28(10-6-4-2)13-7-8-14-17(11-13)31-24(30)16-12-15-18(25)19(26)21(29)20(27)23(15)32-22(14)16/h7-8,11-12H,3-6,9-10H2,1-2H3. The summed E-state index contributed by atoms with van der Waals surface area (Å²) in [6, 6.07) is 6.17. The third kappa shape index (κ3) is 3.63. The van der Waals surface area contributed by atoms with Crippen LogP contribution in [-0.2, 0) is 0 Å². The second-order valence-electron chi connectivity index (χ2n) is 7.77. The van der Waals surface area contributed by atoms with E-state index >= 15 is 0 Å². The first-order chi connectivity index (χ1) is 15.4. The molecule has 0 atom stereocenters. The Kier molecular flexibility index (Phi) is 5.95. The molecule has 1 aromatic carbocycles. The van der Waals surface area contributed by atoms with Crippen molar-refractivity contribution in [2.75, 3.05) is 18.0 Å². The maximum absolute atomic E-state index is 14.4. The summed E-state index contributed by atoms with van der Waals surface area (Å²) in [6.07, 6.45) is 4.08. The summed E-state index contributed by atoms with van der Waals surface area (Å²) in [4.78, 5) is 26.4. The summed E-state index contributed by atoms with van der Waals surface area (Å²) in [5, 5.41) is 0.177. The lowest BCUT2D eigenvalue weighted by atomic mass is 10.1. The Morgan fingerprint density at radius 3 is 2.19 bits per heavy atom. The predicted molar refractivity (Wildman–Crippen MR) is 117 cm³/mol. The van der Waals surface area contributed by atoms with Crippen LogP contribution >= 0.6 is 0 Å². The van der Waals surface area contributed by atoms with Gasteiger partial charge in [0.05, 0.1) is 10.9 Å². The maximum atomic E-state index is 14.4. The van der Waals surface area contributed by atoms with Crippen LogP contribution in [0.15, 0.2) is 42.7 Å². The highest BCUT2D eigenvalue weighted by molar-refractivity contribution is 6.02. The summed E-state index contributed by atoms with van der Waals surface area (Å²) in [5.41, 5.74) is -2.19. The highest BCUT2D eigenvalue weighted by Crippen LogP contribution is 2.35. The summed E-state index contributed by atoms with van der Waals surface area (Å²) in [6.45, 7) is 5.90. The lowest BCUT2D eigenvalue weighted by molar-refractivity contribution is 0.465. The number of hydrogen-bond donors (Lipinski definition) is 0. The Balaban J connectivity index is 1.95. The van der Waals surface area contributed by atoms with E-state index in [1.165, 1.54) is 0 Å². The van der Waals surface area contributed by atoms with Gasteiger partial charge in [0.1, 0.15) is 11.0 Å². The average Bonchev–Trinajstić information content (AvgIpc) is 2.80. The number of unbranched alkanes of at least 4 members (excludes halogenated alkanes) is 2. The smallest absolute Gasteiger partial charge is 0.347 e. The van der Waals surface area contributed by atoms with Gasteiger partial charge in [-0.3, -0.25) is 4.79 Å². The van der Waals surface area contributed by atoms with E-state index in [1.54, 1.807) is 12.1 Å². The number of halogens is 3. The predicted octanol–water partition coefficient (Wildman–Crippen LogP) is 5.83. The molecule has 1 aliphatic heterocycles. The molecular formula is C24H22F3NO4. The van der Waals surface area contributed by atoms with Gasteiger partial charge in [-0.05, 0) is 31.0 Å². The fourth-order valence-electron chi connectivity index (χ4n) is 3.79. The van der Waals surface area contributed by atoms with Crippen molar-refractivity contribution in [3.63, 3.8) is 0 Å². The van der Waals surface area contributed by atoms with E-state index in [-0.39, 0.29) is 16.6 Å². The summed E-state index contributed by atoms with van der Waals surface area (Å²) in [5.74, 6) is -5.73. The molecule has 1 aliphatic carbocycles. The van der Waals surface area contributed by atoms with Gasteiger partial charge in [-0.25, -0.2) is 9.18 Å². The molecular weight excluding hydrogens is 423 g/mol. The van der Waals surface area contributed by atoms with E-state index in [0.29, 0.717) is 5.39 Å². The van der Waals surface area contributed by atoms with Gasteiger partial charge in [0.2, 0.25) is 11.6 Å². The van der Waals surface area contributed by atoms with Crippen LogP contribution in [-0.4, -0.2) is 13.1 Å². The van der Waals surface area contributed by atoms with E-state index in [1.807, 2.05) is 6.07 Å². The Labute approximate surface area is 181 Å². The summed E-state index contributed by atoms with van der Waals surface area (Å²) in [7, 11) is 0. The highest BCUT2D eigenvalue weighted by atomic mass is 19.2. The van der Waals surface area contributed by atoms with Crippen molar-refractivity contribution in [1.29, 1.82) is 0 Å². The van der Waals surface area contributed by atoms with Crippen LogP contribution in [0.5, 0.6) is 0 Å². The minimum absolute atomic E-state index is 0.0618. The largest absolute Gasteiger partial charge is 0.452 e. The van der Waals surface area contributed by atoms with Gasteiger partial charge in [-0.2, -0.15) is 8.78 Å². The van der Waals surface area contributed by atoms with E-state index in [4.69, 9.17) is 8.83 Å². The number of benzene rings is 2. The van der Waals surface area contributed by atoms with Gasteiger partial charge >= 0.3 is 5.63 Å². The molecule has 0 amide bonds. The molecule has 32 heavy (non-hydrogen) atoms. The fourth-order valence-corrected chi connectivity index (χ4v) is 3.79. The number of hydrogen-bond acceptors (Lipinski definition) is 5. The lowest BCUT2D eigenvalue weighted by Gasteiger charge is -2.24. The number of rotatable bonds is 7. The van der Waals surface area contributed by atoms with Crippen LogP contribution in [0, 0.1) is 17.5 Å². The van der Waals surface area contributed by atoms with Crippen LogP contribution in [0.3, 0.4) is 0 Å². The van der Waals surface area contributed by atoms with E-state index in [9.17, 15) is 22.8 Å².